The number of aromatic amines is 1. The molecule has 4 nitrogen and oxygen atoms in total. The van der Waals surface area contributed by atoms with Gasteiger partial charge < -0.3 is 5.11 Å². The van der Waals surface area contributed by atoms with Crippen molar-refractivity contribution in [2.24, 2.45) is 0 Å². The van der Waals surface area contributed by atoms with Crippen LogP contribution in [0.25, 0.3) is 0 Å². The third-order valence-corrected chi connectivity index (χ3v) is 2.53. The Morgan fingerprint density at radius 3 is 2.60 bits per heavy atom. The molecule has 0 unspecified atom stereocenters. The zero-order valence-electron chi connectivity index (χ0n) is 7.94. The van der Waals surface area contributed by atoms with Crippen molar-refractivity contribution in [2.75, 3.05) is 0 Å². The molecule has 78 valence electrons. The van der Waals surface area contributed by atoms with E-state index in [1.54, 1.807) is 0 Å². The summed E-state index contributed by atoms with van der Waals surface area (Å²) in [4.78, 5) is 4.12. The highest BCUT2D eigenvalue weighted by Gasteiger charge is 2.02. The number of nitrogens with one attached hydrogen (secondary N) is 1. The van der Waals surface area contributed by atoms with Gasteiger partial charge in [-0.1, -0.05) is 28.1 Å². The number of hydrogen-bond acceptors (Lipinski definition) is 3. The topological polar surface area (TPSA) is 61.8 Å². The highest BCUT2D eigenvalue weighted by molar-refractivity contribution is 9.10. The molecule has 0 aliphatic heterocycles. The quantitative estimate of drug-likeness (QED) is 0.889. The molecule has 0 amide bonds. The van der Waals surface area contributed by atoms with Crippen LogP contribution >= 0.6 is 15.9 Å². The Morgan fingerprint density at radius 2 is 2.00 bits per heavy atom. The van der Waals surface area contributed by atoms with Gasteiger partial charge in [-0.15, -0.1) is 0 Å². The lowest BCUT2D eigenvalue weighted by Gasteiger charge is -1.97. The van der Waals surface area contributed by atoms with Crippen molar-refractivity contribution in [3.05, 3.63) is 46.0 Å². The predicted molar refractivity (Wildman–Crippen MR) is 59.3 cm³/mol. The van der Waals surface area contributed by atoms with Gasteiger partial charge in [0, 0.05) is 10.9 Å². The lowest BCUT2D eigenvalue weighted by molar-refractivity contribution is 0.272. The summed E-state index contributed by atoms with van der Waals surface area (Å²) in [6, 6.07) is 8.01. The molecule has 2 rings (SSSR count). The van der Waals surface area contributed by atoms with Crippen molar-refractivity contribution in [1.29, 1.82) is 0 Å². The van der Waals surface area contributed by atoms with Gasteiger partial charge in [-0.2, -0.15) is 5.10 Å². The second kappa shape index (κ2) is 4.55. The lowest BCUT2D eigenvalue weighted by atomic mass is 10.1. The van der Waals surface area contributed by atoms with Gasteiger partial charge in [0.1, 0.15) is 12.4 Å². The zero-order chi connectivity index (χ0) is 10.7. The number of nitrogens with zero attached hydrogens (tertiary/aromatic N) is 2. The molecule has 5 heteroatoms. The summed E-state index contributed by atoms with van der Waals surface area (Å²) < 4.78 is 1.06. The number of aromatic nitrogens is 3. The summed E-state index contributed by atoms with van der Waals surface area (Å²) in [6.45, 7) is -0.128. The molecule has 0 fully saturated rings. The minimum atomic E-state index is -0.128. The third kappa shape index (κ3) is 2.64. The number of rotatable bonds is 3. The van der Waals surface area contributed by atoms with E-state index < -0.39 is 0 Å². The van der Waals surface area contributed by atoms with E-state index in [2.05, 4.69) is 31.1 Å². The van der Waals surface area contributed by atoms with Gasteiger partial charge in [-0.05, 0) is 17.7 Å². The van der Waals surface area contributed by atoms with Crippen molar-refractivity contribution in [3.63, 3.8) is 0 Å². The summed E-state index contributed by atoms with van der Waals surface area (Å²) in [6.07, 6.45) is 0.695. The van der Waals surface area contributed by atoms with E-state index in [0.717, 1.165) is 15.9 Å². The minimum Gasteiger partial charge on any atom is -0.388 e. The Kier molecular flexibility index (Phi) is 3.13. The molecule has 15 heavy (non-hydrogen) atoms. The van der Waals surface area contributed by atoms with Crippen molar-refractivity contribution in [3.8, 4) is 0 Å². The molecule has 0 aliphatic rings. The van der Waals surface area contributed by atoms with Crippen molar-refractivity contribution < 1.29 is 5.11 Å². The van der Waals surface area contributed by atoms with Crippen LogP contribution < -0.4 is 0 Å². The number of H-pyrrole nitrogens is 1. The van der Waals surface area contributed by atoms with Crippen LogP contribution in [0.2, 0.25) is 0 Å². The standard InChI is InChI=1S/C10H10BrN3O/c11-8-3-1-7(2-4-8)5-9-12-10(6-15)14-13-9/h1-4,15H,5-6H2,(H,12,13,14). The molecule has 2 N–H and O–H groups in total. The van der Waals surface area contributed by atoms with Gasteiger partial charge in [0.05, 0.1) is 0 Å². The molecule has 0 radical (unpaired) electrons. The normalized spacial score (nSPS) is 10.5. The van der Waals surface area contributed by atoms with Gasteiger partial charge in [-0.3, -0.25) is 5.10 Å². The Morgan fingerprint density at radius 1 is 1.27 bits per heavy atom. The Balaban J connectivity index is 2.11. The van der Waals surface area contributed by atoms with E-state index in [-0.39, 0.29) is 6.61 Å². The summed E-state index contributed by atoms with van der Waals surface area (Å²) in [7, 11) is 0. The summed E-state index contributed by atoms with van der Waals surface area (Å²) in [5.74, 6) is 1.20. The zero-order valence-corrected chi connectivity index (χ0v) is 9.53. The molecular formula is C10H10BrN3O. The molecular weight excluding hydrogens is 258 g/mol. The molecule has 0 spiro atoms. The average Bonchev–Trinajstić information content (AvgIpc) is 2.69. The van der Waals surface area contributed by atoms with E-state index in [4.69, 9.17) is 5.11 Å². The molecule has 0 atom stereocenters. The van der Waals surface area contributed by atoms with Crippen LogP contribution in [0, 0.1) is 0 Å². The molecule has 2 aromatic rings. The largest absolute Gasteiger partial charge is 0.388 e. The van der Waals surface area contributed by atoms with Crippen LogP contribution in [0.1, 0.15) is 17.2 Å². The van der Waals surface area contributed by atoms with Gasteiger partial charge in [-0.25, -0.2) is 4.98 Å². The first kappa shape index (κ1) is 10.3. The van der Waals surface area contributed by atoms with Crippen molar-refractivity contribution in [1.82, 2.24) is 15.2 Å². The first-order valence-corrected chi connectivity index (χ1v) is 5.32. The van der Waals surface area contributed by atoms with E-state index in [1.165, 1.54) is 0 Å². The van der Waals surface area contributed by atoms with E-state index in [9.17, 15) is 0 Å². The predicted octanol–water partition coefficient (Wildman–Crippen LogP) is 1.65. The van der Waals surface area contributed by atoms with E-state index >= 15 is 0 Å². The average molecular weight is 268 g/mol. The summed E-state index contributed by atoms with van der Waals surface area (Å²) in [5.41, 5.74) is 1.15. The third-order valence-electron chi connectivity index (χ3n) is 2.00. The Labute approximate surface area is 95.5 Å². The molecule has 0 saturated heterocycles. The Hall–Kier alpha value is -1.20. The van der Waals surface area contributed by atoms with Gasteiger partial charge in [0.25, 0.3) is 0 Å². The molecule has 0 aliphatic carbocycles. The number of hydrogen-bond donors (Lipinski definition) is 2. The fourth-order valence-electron chi connectivity index (χ4n) is 1.28. The van der Waals surface area contributed by atoms with Gasteiger partial charge >= 0.3 is 0 Å². The maximum atomic E-state index is 8.80. The fraction of sp³-hybridized carbons (Fsp3) is 0.200. The maximum Gasteiger partial charge on any atom is 0.176 e. The fourth-order valence-corrected chi connectivity index (χ4v) is 1.54. The molecule has 0 bridgehead atoms. The van der Waals surface area contributed by atoms with Crippen molar-refractivity contribution >= 4 is 15.9 Å². The maximum absolute atomic E-state index is 8.80. The van der Waals surface area contributed by atoms with Crippen molar-refractivity contribution in [2.45, 2.75) is 13.0 Å². The monoisotopic (exact) mass is 267 g/mol. The number of benzene rings is 1. The lowest BCUT2D eigenvalue weighted by Crippen LogP contribution is -1.91. The summed E-state index contributed by atoms with van der Waals surface area (Å²) >= 11 is 3.38. The number of aliphatic hydroxyl groups excluding tert-OH is 1. The van der Waals surface area contributed by atoms with Crippen LogP contribution in [0.3, 0.4) is 0 Å². The minimum absolute atomic E-state index is 0.128. The second-order valence-electron chi connectivity index (χ2n) is 3.16. The second-order valence-corrected chi connectivity index (χ2v) is 4.08. The highest BCUT2D eigenvalue weighted by atomic mass is 79.9. The number of aliphatic hydroxyl groups is 1. The highest BCUT2D eigenvalue weighted by Crippen LogP contribution is 2.12. The number of halogens is 1. The van der Waals surface area contributed by atoms with Crippen LogP contribution in [-0.4, -0.2) is 20.3 Å². The first-order chi connectivity index (χ1) is 7.28. The molecule has 1 heterocycles. The van der Waals surface area contributed by atoms with Crippen LogP contribution in [0.5, 0.6) is 0 Å². The SMILES string of the molecule is OCc1n[nH]c(Cc2ccc(Br)cc2)n1. The summed E-state index contributed by atoms with van der Waals surface area (Å²) in [5, 5.41) is 15.4. The molecule has 1 aromatic heterocycles. The smallest absolute Gasteiger partial charge is 0.176 e. The Bertz CT molecular complexity index is 438. The van der Waals surface area contributed by atoms with E-state index in [0.29, 0.717) is 12.2 Å². The molecule has 0 saturated carbocycles. The first-order valence-electron chi connectivity index (χ1n) is 4.53. The van der Waals surface area contributed by atoms with Crippen LogP contribution in [0.4, 0.5) is 0 Å². The van der Waals surface area contributed by atoms with Gasteiger partial charge in [0.2, 0.25) is 0 Å². The van der Waals surface area contributed by atoms with E-state index in [1.807, 2.05) is 24.3 Å². The molecule has 1 aromatic carbocycles. The van der Waals surface area contributed by atoms with Crippen LogP contribution in [-0.2, 0) is 13.0 Å². The van der Waals surface area contributed by atoms with Gasteiger partial charge in [0.15, 0.2) is 5.82 Å². The van der Waals surface area contributed by atoms with Crippen LogP contribution in [0.15, 0.2) is 28.7 Å².